The molecule has 0 spiro atoms. The van der Waals surface area contributed by atoms with Crippen molar-refractivity contribution >= 4 is 8.07 Å². The summed E-state index contributed by atoms with van der Waals surface area (Å²) in [5.74, 6) is 0. The summed E-state index contributed by atoms with van der Waals surface area (Å²) < 4.78 is 2.26. The molecule has 0 aliphatic heterocycles. The fourth-order valence-corrected chi connectivity index (χ4v) is 1.91. The van der Waals surface area contributed by atoms with E-state index in [-0.39, 0.29) is 0 Å². The van der Waals surface area contributed by atoms with Crippen molar-refractivity contribution in [3.05, 3.63) is 24.5 Å². The maximum absolute atomic E-state index is 2.41. The molecule has 0 N–H and O–H groups in total. The highest BCUT2D eigenvalue weighted by atomic mass is 28.3. The van der Waals surface area contributed by atoms with Crippen LogP contribution in [0.15, 0.2) is 24.5 Å². The fourth-order valence-electron chi connectivity index (χ4n) is 0.984. The van der Waals surface area contributed by atoms with E-state index in [1.54, 1.807) is 0 Å². The largest absolute Gasteiger partial charge is 0.355 e. The first-order valence-electron chi connectivity index (χ1n) is 4.19. The first-order valence-corrected chi connectivity index (χ1v) is 7.89. The van der Waals surface area contributed by atoms with Crippen molar-refractivity contribution in [3.63, 3.8) is 0 Å². The van der Waals surface area contributed by atoms with Crippen molar-refractivity contribution in [1.29, 1.82) is 0 Å². The van der Waals surface area contributed by atoms with Crippen molar-refractivity contribution < 1.29 is 0 Å². The van der Waals surface area contributed by atoms with Gasteiger partial charge in [-0.1, -0.05) is 19.6 Å². The Hall–Kier alpha value is -0.503. The van der Waals surface area contributed by atoms with Gasteiger partial charge in [-0.15, -0.1) is 0 Å². The molecule has 0 atom stereocenters. The first-order chi connectivity index (χ1) is 5.08. The molecule has 1 nitrogen and oxygen atoms in total. The summed E-state index contributed by atoms with van der Waals surface area (Å²) in [5.41, 5.74) is 0. The van der Waals surface area contributed by atoms with Gasteiger partial charge in [-0.2, -0.15) is 0 Å². The van der Waals surface area contributed by atoms with Gasteiger partial charge in [0.15, 0.2) is 0 Å². The van der Waals surface area contributed by atoms with Gasteiger partial charge in [-0.25, -0.2) is 0 Å². The SMILES string of the molecule is C[Si](C)(C)CCn1cccc1. The smallest absolute Gasteiger partial charge is 0.0460 e. The van der Waals surface area contributed by atoms with E-state index in [2.05, 4.69) is 48.7 Å². The third kappa shape index (κ3) is 3.42. The molecule has 62 valence electrons. The van der Waals surface area contributed by atoms with Crippen LogP contribution in [-0.2, 0) is 6.54 Å². The van der Waals surface area contributed by atoms with Crippen LogP contribution in [0, 0.1) is 0 Å². The van der Waals surface area contributed by atoms with Crippen molar-refractivity contribution in [2.45, 2.75) is 32.2 Å². The summed E-state index contributed by atoms with van der Waals surface area (Å²) in [5, 5.41) is 0. The number of aryl methyl sites for hydroxylation is 1. The number of rotatable bonds is 3. The lowest BCUT2D eigenvalue weighted by Gasteiger charge is -2.15. The molecule has 1 aromatic rings. The quantitative estimate of drug-likeness (QED) is 0.610. The van der Waals surface area contributed by atoms with E-state index in [4.69, 9.17) is 0 Å². The van der Waals surface area contributed by atoms with E-state index < -0.39 is 8.07 Å². The van der Waals surface area contributed by atoms with Crippen LogP contribution in [0.4, 0.5) is 0 Å². The number of nitrogens with zero attached hydrogens (tertiary/aromatic N) is 1. The summed E-state index contributed by atoms with van der Waals surface area (Å²) in [7, 11) is -0.834. The first kappa shape index (κ1) is 8.59. The third-order valence-electron chi connectivity index (χ3n) is 1.79. The van der Waals surface area contributed by atoms with Gasteiger partial charge < -0.3 is 4.57 Å². The van der Waals surface area contributed by atoms with Crippen molar-refractivity contribution in [3.8, 4) is 0 Å². The van der Waals surface area contributed by atoms with Gasteiger partial charge in [-0.05, 0) is 18.2 Å². The third-order valence-corrected chi connectivity index (χ3v) is 3.51. The van der Waals surface area contributed by atoms with Gasteiger partial charge in [0.05, 0.1) is 0 Å². The van der Waals surface area contributed by atoms with E-state index in [0.717, 1.165) is 0 Å². The molecule has 1 rings (SSSR count). The maximum Gasteiger partial charge on any atom is 0.0460 e. The van der Waals surface area contributed by atoms with Crippen LogP contribution in [-0.4, -0.2) is 12.6 Å². The molecule has 2 heteroatoms. The van der Waals surface area contributed by atoms with Gasteiger partial charge >= 0.3 is 0 Å². The van der Waals surface area contributed by atoms with Gasteiger partial charge in [-0.3, -0.25) is 0 Å². The van der Waals surface area contributed by atoms with Gasteiger partial charge in [0.1, 0.15) is 0 Å². The monoisotopic (exact) mass is 167 g/mol. The van der Waals surface area contributed by atoms with Crippen molar-refractivity contribution in [2.24, 2.45) is 0 Å². The molecule has 0 aromatic carbocycles. The molecule has 0 bridgehead atoms. The van der Waals surface area contributed by atoms with E-state index in [0.29, 0.717) is 0 Å². The molecule has 0 unspecified atom stereocenters. The maximum atomic E-state index is 2.41. The Kier molecular flexibility index (Phi) is 2.55. The molecule has 0 aliphatic carbocycles. The number of hydrogen-bond acceptors (Lipinski definition) is 0. The highest BCUT2D eigenvalue weighted by Crippen LogP contribution is 2.09. The van der Waals surface area contributed by atoms with Crippen LogP contribution < -0.4 is 0 Å². The molecule has 1 heterocycles. The second-order valence-corrected chi connectivity index (χ2v) is 9.85. The minimum atomic E-state index is -0.834. The number of aromatic nitrogens is 1. The Balaban J connectivity index is 2.35. The Morgan fingerprint density at radius 1 is 1.09 bits per heavy atom. The molecular weight excluding hydrogens is 150 g/mol. The minimum absolute atomic E-state index is 0.834. The zero-order chi connectivity index (χ0) is 8.32. The highest BCUT2D eigenvalue weighted by Gasteiger charge is 2.11. The standard InChI is InChI=1S/C9H17NSi/c1-11(2,3)9-8-10-6-4-5-7-10/h4-7H,8-9H2,1-3H3. The topological polar surface area (TPSA) is 4.93 Å². The van der Waals surface area contributed by atoms with Gasteiger partial charge in [0.2, 0.25) is 0 Å². The summed E-state index contributed by atoms with van der Waals surface area (Å²) in [6.07, 6.45) is 4.28. The van der Waals surface area contributed by atoms with Crippen LogP contribution in [0.1, 0.15) is 0 Å². The summed E-state index contributed by atoms with van der Waals surface area (Å²) >= 11 is 0. The Morgan fingerprint density at radius 2 is 1.64 bits per heavy atom. The lowest BCUT2D eigenvalue weighted by Crippen LogP contribution is -2.21. The fraction of sp³-hybridized carbons (Fsp3) is 0.556. The molecule has 0 fully saturated rings. The van der Waals surface area contributed by atoms with E-state index in [1.807, 2.05) is 0 Å². The molecule has 0 saturated heterocycles. The van der Waals surface area contributed by atoms with Crippen LogP contribution in [0.5, 0.6) is 0 Å². The molecule has 0 aliphatic rings. The second-order valence-electron chi connectivity index (χ2n) is 4.23. The Labute approximate surface area is 70.1 Å². The Morgan fingerprint density at radius 3 is 2.09 bits per heavy atom. The molecule has 0 saturated carbocycles. The normalized spacial score (nSPS) is 11.9. The minimum Gasteiger partial charge on any atom is -0.355 e. The number of hydrogen-bond donors (Lipinski definition) is 0. The zero-order valence-electron chi connectivity index (χ0n) is 7.67. The predicted octanol–water partition coefficient (Wildman–Crippen LogP) is 2.83. The van der Waals surface area contributed by atoms with Crippen molar-refractivity contribution in [2.75, 3.05) is 0 Å². The zero-order valence-corrected chi connectivity index (χ0v) is 8.67. The lowest BCUT2D eigenvalue weighted by atomic mass is 10.7. The summed E-state index contributed by atoms with van der Waals surface area (Å²) in [4.78, 5) is 0. The van der Waals surface area contributed by atoms with Crippen LogP contribution in [0.2, 0.25) is 25.7 Å². The average molecular weight is 167 g/mol. The van der Waals surface area contributed by atoms with Gasteiger partial charge in [0, 0.05) is 27.0 Å². The summed E-state index contributed by atoms with van der Waals surface area (Å²) in [6.45, 7) is 8.44. The molecule has 0 radical (unpaired) electrons. The van der Waals surface area contributed by atoms with Crippen molar-refractivity contribution in [1.82, 2.24) is 4.57 Å². The highest BCUT2D eigenvalue weighted by molar-refractivity contribution is 6.76. The lowest BCUT2D eigenvalue weighted by molar-refractivity contribution is 0.757. The Bertz CT molecular complexity index is 196. The van der Waals surface area contributed by atoms with E-state index in [9.17, 15) is 0 Å². The van der Waals surface area contributed by atoms with E-state index in [1.165, 1.54) is 12.6 Å². The second kappa shape index (κ2) is 3.26. The molecule has 0 amide bonds. The van der Waals surface area contributed by atoms with Crippen LogP contribution in [0.25, 0.3) is 0 Å². The molecule has 11 heavy (non-hydrogen) atoms. The molecule has 1 aromatic heterocycles. The predicted molar refractivity (Wildman–Crippen MR) is 52.6 cm³/mol. The van der Waals surface area contributed by atoms with E-state index >= 15 is 0 Å². The average Bonchev–Trinajstić information content (AvgIpc) is 2.32. The summed E-state index contributed by atoms with van der Waals surface area (Å²) in [6, 6.07) is 5.55. The van der Waals surface area contributed by atoms with Gasteiger partial charge in [0.25, 0.3) is 0 Å². The van der Waals surface area contributed by atoms with Crippen LogP contribution in [0.3, 0.4) is 0 Å². The van der Waals surface area contributed by atoms with Crippen LogP contribution >= 0.6 is 0 Å². The molecular formula is C9H17NSi.